The lowest BCUT2D eigenvalue weighted by Gasteiger charge is -2.36. The van der Waals surface area contributed by atoms with Crippen molar-refractivity contribution in [3.63, 3.8) is 0 Å². The summed E-state index contributed by atoms with van der Waals surface area (Å²) in [5.74, 6) is -0.382. The summed E-state index contributed by atoms with van der Waals surface area (Å²) in [7, 11) is 0. The molecule has 2 aliphatic rings. The first-order valence-corrected chi connectivity index (χ1v) is 7.21. The van der Waals surface area contributed by atoms with Gasteiger partial charge < -0.3 is 9.64 Å². The van der Waals surface area contributed by atoms with E-state index < -0.39 is 6.04 Å². The Morgan fingerprint density at radius 3 is 2.81 bits per heavy atom. The smallest absolute Gasteiger partial charge is 0.261 e. The molecule has 0 bridgehead atoms. The largest absolute Gasteiger partial charge is 0.357 e. The van der Waals surface area contributed by atoms with E-state index in [1.54, 1.807) is 4.90 Å². The Labute approximate surface area is 123 Å². The third kappa shape index (κ3) is 2.71. The predicted octanol–water partition coefficient (Wildman–Crippen LogP) is 1.11. The maximum atomic E-state index is 12.3. The minimum Gasteiger partial charge on any atom is -0.357 e. The minimum absolute atomic E-state index is 0.00334. The van der Waals surface area contributed by atoms with Crippen LogP contribution in [0.5, 0.6) is 0 Å². The molecule has 1 aromatic carbocycles. The second kappa shape index (κ2) is 5.73. The summed E-state index contributed by atoms with van der Waals surface area (Å²) in [5, 5.41) is 0. The topological polar surface area (TPSA) is 70.7 Å². The standard InChI is InChI=1S/C15H19N3O3/c1-10-9-21-13-8-7-12(18(13)15(10)20)14(19)17-16-11-5-3-2-4-6-11/h2-6,10,12-13,16H,7-9H2,1H3,(H,17,19)/t10?,12-,13?/m0/s1. The summed E-state index contributed by atoms with van der Waals surface area (Å²) in [5.41, 5.74) is 6.34. The van der Waals surface area contributed by atoms with Crippen LogP contribution in [0.4, 0.5) is 5.69 Å². The van der Waals surface area contributed by atoms with Gasteiger partial charge in [-0.2, -0.15) is 0 Å². The monoisotopic (exact) mass is 289 g/mol. The molecule has 2 aliphatic heterocycles. The molecular formula is C15H19N3O3. The van der Waals surface area contributed by atoms with Crippen molar-refractivity contribution >= 4 is 17.5 Å². The van der Waals surface area contributed by atoms with E-state index in [2.05, 4.69) is 10.9 Å². The maximum absolute atomic E-state index is 12.3. The van der Waals surface area contributed by atoms with Gasteiger partial charge in [-0.15, -0.1) is 0 Å². The van der Waals surface area contributed by atoms with Crippen molar-refractivity contribution in [2.45, 2.75) is 32.0 Å². The number of benzene rings is 1. The average Bonchev–Trinajstić information content (AvgIpc) is 2.94. The Balaban J connectivity index is 1.63. The van der Waals surface area contributed by atoms with Crippen LogP contribution in [0.3, 0.4) is 0 Å². The molecule has 2 heterocycles. The number of para-hydroxylation sites is 1. The van der Waals surface area contributed by atoms with E-state index in [-0.39, 0.29) is 24.0 Å². The summed E-state index contributed by atoms with van der Waals surface area (Å²) < 4.78 is 5.63. The highest BCUT2D eigenvalue weighted by molar-refractivity contribution is 5.90. The highest BCUT2D eigenvalue weighted by atomic mass is 16.5. The molecule has 21 heavy (non-hydrogen) atoms. The van der Waals surface area contributed by atoms with Crippen LogP contribution in [-0.4, -0.2) is 35.6 Å². The van der Waals surface area contributed by atoms with E-state index in [9.17, 15) is 9.59 Å². The zero-order valence-corrected chi connectivity index (χ0v) is 11.9. The summed E-state index contributed by atoms with van der Waals surface area (Å²) in [4.78, 5) is 26.1. The second-order valence-electron chi connectivity index (χ2n) is 5.51. The Morgan fingerprint density at radius 1 is 1.29 bits per heavy atom. The Kier molecular flexibility index (Phi) is 3.79. The fourth-order valence-corrected chi connectivity index (χ4v) is 2.82. The van der Waals surface area contributed by atoms with Gasteiger partial charge in [0.1, 0.15) is 12.3 Å². The highest BCUT2D eigenvalue weighted by Gasteiger charge is 2.45. The third-order valence-corrected chi connectivity index (χ3v) is 3.95. The second-order valence-corrected chi connectivity index (χ2v) is 5.51. The molecule has 6 heteroatoms. The van der Waals surface area contributed by atoms with Gasteiger partial charge in [-0.25, -0.2) is 0 Å². The van der Waals surface area contributed by atoms with E-state index in [0.29, 0.717) is 19.4 Å². The Hall–Kier alpha value is -2.08. The average molecular weight is 289 g/mol. The first-order chi connectivity index (χ1) is 10.2. The maximum Gasteiger partial charge on any atom is 0.261 e. The quantitative estimate of drug-likeness (QED) is 0.818. The van der Waals surface area contributed by atoms with Gasteiger partial charge in [-0.1, -0.05) is 25.1 Å². The molecule has 0 aromatic heterocycles. The van der Waals surface area contributed by atoms with Crippen molar-refractivity contribution in [2.75, 3.05) is 12.0 Å². The van der Waals surface area contributed by atoms with Gasteiger partial charge in [0.05, 0.1) is 18.2 Å². The van der Waals surface area contributed by atoms with Crippen LogP contribution >= 0.6 is 0 Å². The van der Waals surface area contributed by atoms with Gasteiger partial charge in [-0.3, -0.25) is 20.4 Å². The molecule has 0 saturated carbocycles. The van der Waals surface area contributed by atoms with E-state index >= 15 is 0 Å². The fourth-order valence-electron chi connectivity index (χ4n) is 2.82. The van der Waals surface area contributed by atoms with Gasteiger partial charge >= 0.3 is 0 Å². The van der Waals surface area contributed by atoms with Crippen molar-refractivity contribution in [1.29, 1.82) is 0 Å². The number of hydrazine groups is 1. The summed E-state index contributed by atoms with van der Waals surface area (Å²) >= 11 is 0. The van der Waals surface area contributed by atoms with Crippen molar-refractivity contribution in [3.8, 4) is 0 Å². The number of rotatable bonds is 3. The van der Waals surface area contributed by atoms with Crippen molar-refractivity contribution < 1.29 is 14.3 Å². The number of fused-ring (bicyclic) bond motifs is 1. The normalized spacial score (nSPS) is 28.1. The van der Waals surface area contributed by atoms with Gasteiger partial charge in [-0.05, 0) is 25.0 Å². The van der Waals surface area contributed by atoms with Crippen LogP contribution in [0.25, 0.3) is 0 Å². The van der Waals surface area contributed by atoms with Crippen LogP contribution in [0.1, 0.15) is 19.8 Å². The predicted molar refractivity (Wildman–Crippen MR) is 77.0 cm³/mol. The first kappa shape index (κ1) is 13.9. The molecule has 2 amide bonds. The molecule has 2 saturated heterocycles. The number of carbonyl (C=O) groups excluding carboxylic acids is 2. The lowest BCUT2D eigenvalue weighted by atomic mass is 10.1. The van der Waals surface area contributed by atoms with Crippen LogP contribution in [0, 0.1) is 5.92 Å². The molecule has 0 radical (unpaired) electrons. The minimum atomic E-state index is -0.457. The molecule has 112 valence electrons. The van der Waals surface area contributed by atoms with E-state index in [1.165, 1.54) is 0 Å². The molecule has 2 fully saturated rings. The summed E-state index contributed by atoms with van der Waals surface area (Å²) in [6.07, 6.45) is 1.09. The number of anilines is 1. The van der Waals surface area contributed by atoms with Crippen molar-refractivity contribution in [1.82, 2.24) is 10.3 Å². The molecule has 2 unspecified atom stereocenters. The van der Waals surface area contributed by atoms with Crippen molar-refractivity contribution in [3.05, 3.63) is 30.3 Å². The molecule has 3 rings (SSSR count). The first-order valence-electron chi connectivity index (χ1n) is 7.21. The SMILES string of the molecule is CC1COC2CC[C@@H](C(=O)NNc3ccccc3)N2C1=O. The third-order valence-electron chi connectivity index (χ3n) is 3.95. The zero-order chi connectivity index (χ0) is 14.8. The number of carbonyl (C=O) groups is 2. The van der Waals surface area contributed by atoms with E-state index in [1.807, 2.05) is 37.3 Å². The molecule has 3 atom stereocenters. The fraction of sp³-hybridized carbons (Fsp3) is 0.467. The molecule has 0 spiro atoms. The van der Waals surface area contributed by atoms with Gasteiger partial charge in [0.2, 0.25) is 5.91 Å². The van der Waals surface area contributed by atoms with Crippen LogP contribution in [0.15, 0.2) is 30.3 Å². The lowest BCUT2D eigenvalue weighted by Crippen LogP contribution is -2.55. The number of ether oxygens (including phenoxy) is 1. The summed E-state index contributed by atoms with van der Waals surface area (Å²) in [6, 6.07) is 8.92. The Morgan fingerprint density at radius 2 is 2.05 bits per heavy atom. The van der Waals surface area contributed by atoms with Crippen LogP contribution < -0.4 is 10.9 Å². The molecule has 6 nitrogen and oxygen atoms in total. The number of hydrogen-bond acceptors (Lipinski definition) is 4. The number of amides is 2. The van der Waals surface area contributed by atoms with E-state index in [4.69, 9.17) is 4.74 Å². The van der Waals surface area contributed by atoms with E-state index in [0.717, 1.165) is 5.69 Å². The number of hydrogen-bond donors (Lipinski definition) is 2. The van der Waals surface area contributed by atoms with Gasteiger partial charge in [0.25, 0.3) is 5.91 Å². The van der Waals surface area contributed by atoms with Crippen molar-refractivity contribution in [2.24, 2.45) is 5.92 Å². The number of nitrogens with zero attached hydrogens (tertiary/aromatic N) is 1. The molecule has 2 N–H and O–H groups in total. The summed E-state index contributed by atoms with van der Waals surface area (Å²) in [6.45, 7) is 2.27. The highest BCUT2D eigenvalue weighted by Crippen LogP contribution is 2.30. The molecular weight excluding hydrogens is 270 g/mol. The van der Waals surface area contributed by atoms with Gasteiger partial charge in [0, 0.05) is 0 Å². The van der Waals surface area contributed by atoms with Crippen LogP contribution in [-0.2, 0) is 14.3 Å². The zero-order valence-electron chi connectivity index (χ0n) is 11.9. The van der Waals surface area contributed by atoms with Crippen LogP contribution in [0.2, 0.25) is 0 Å². The lowest BCUT2D eigenvalue weighted by molar-refractivity contribution is -0.169. The van der Waals surface area contributed by atoms with Gasteiger partial charge in [0.15, 0.2) is 0 Å². The Bertz CT molecular complexity index is 534. The molecule has 1 aromatic rings. The number of nitrogens with one attached hydrogen (secondary N) is 2. The molecule has 0 aliphatic carbocycles.